The van der Waals surface area contributed by atoms with Gasteiger partial charge in [0.1, 0.15) is 18.3 Å². The van der Waals surface area contributed by atoms with Gasteiger partial charge in [-0.15, -0.1) is 0 Å². The van der Waals surface area contributed by atoms with Gasteiger partial charge in [0.05, 0.1) is 17.7 Å². The Morgan fingerprint density at radius 3 is 2.11 bits per heavy atom. The number of nitrogens with zero attached hydrogens (tertiary/aromatic N) is 2. The first-order valence-electron chi connectivity index (χ1n) is 14.9. The lowest BCUT2D eigenvalue weighted by Gasteiger charge is -2.35. The molecule has 242 valence electrons. The van der Waals surface area contributed by atoms with Crippen LogP contribution >= 0.6 is 11.6 Å². The third-order valence-electron chi connectivity index (χ3n) is 7.22. The lowest BCUT2D eigenvalue weighted by molar-refractivity contribution is -0.140. The van der Waals surface area contributed by atoms with Crippen LogP contribution in [0.15, 0.2) is 108 Å². The summed E-state index contributed by atoms with van der Waals surface area (Å²) in [5.74, 6) is -0.712. The molecule has 0 bridgehead atoms. The molecule has 8 nitrogen and oxygen atoms in total. The minimum atomic E-state index is -4.30. The maximum absolute atomic E-state index is 14.6. The normalized spacial score (nSPS) is 12.2. The maximum atomic E-state index is 14.6. The number of anilines is 1. The number of rotatable bonds is 12. The number of carbonyl (C=O) groups is 2. The highest BCUT2D eigenvalue weighted by molar-refractivity contribution is 7.92. The fourth-order valence-electron chi connectivity index (χ4n) is 5.11. The molecule has 0 radical (unpaired) electrons. The summed E-state index contributed by atoms with van der Waals surface area (Å²) in [6, 6.07) is 28.6. The lowest BCUT2D eigenvalue weighted by Crippen LogP contribution is -2.56. The molecule has 1 N–H and O–H groups in total. The Balaban J connectivity index is 1.86. The van der Waals surface area contributed by atoms with E-state index in [1.54, 1.807) is 30.3 Å². The lowest BCUT2D eigenvalue weighted by atomic mass is 10.0. The van der Waals surface area contributed by atoms with Gasteiger partial charge in [0.15, 0.2) is 0 Å². The zero-order valence-electron chi connectivity index (χ0n) is 26.7. The molecule has 0 aliphatic rings. The summed E-state index contributed by atoms with van der Waals surface area (Å²) in [6.45, 7) is 7.02. The van der Waals surface area contributed by atoms with Crippen molar-refractivity contribution in [2.45, 2.75) is 57.1 Å². The van der Waals surface area contributed by atoms with E-state index in [1.807, 2.05) is 82.3 Å². The van der Waals surface area contributed by atoms with Gasteiger partial charge in [-0.25, -0.2) is 8.42 Å². The number of amides is 2. The molecule has 0 fully saturated rings. The molecule has 0 saturated carbocycles. The summed E-state index contributed by atoms with van der Waals surface area (Å²) >= 11 is 6.35. The summed E-state index contributed by atoms with van der Waals surface area (Å²) in [6.07, 6.45) is 0.215. The highest BCUT2D eigenvalue weighted by Crippen LogP contribution is 2.35. The van der Waals surface area contributed by atoms with Crippen molar-refractivity contribution in [1.82, 2.24) is 10.2 Å². The Morgan fingerprint density at radius 1 is 0.870 bits per heavy atom. The highest BCUT2D eigenvalue weighted by atomic mass is 35.5. The van der Waals surface area contributed by atoms with Gasteiger partial charge in [-0.2, -0.15) is 0 Å². The molecule has 0 saturated heterocycles. The molecule has 0 aliphatic carbocycles. The van der Waals surface area contributed by atoms with Crippen molar-refractivity contribution in [3.63, 3.8) is 0 Å². The Bertz CT molecular complexity index is 1760. The van der Waals surface area contributed by atoms with E-state index in [0.717, 1.165) is 21.0 Å². The molecular formula is C36H40ClN3O5S. The molecule has 0 unspecified atom stereocenters. The van der Waals surface area contributed by atoms with E-state index in [1.165, 1.54) is 30.2 Å². The molecular weight excluding hydrogens is 622 g/mol. The Kier molecular flexibility index (Phi) is 11.1. The average Bonchev–Trinajstić information content (AvgIpc) is 3.01. The number of sulfonamides is 1. The number of aryl methyl sites for hydroxylation is 1. The van der Waals surface area contributed by atoms with E-state index in [9.17, 15) is 18.0 Å². The fourth-order valence-corrected chi connectivity index (χ4v) is 6.71. The Morgan fingerprint density at radius 2 is 1.50 bits per heavy atom. The molecule has 0 aliphatic heterocycles. The maximum Gasteiger partial charge on any atom is 0.264 e. The first kappa shape index (κ1) is 34.5. The van der Waals surface area contributed by atoms with Crippen LogP contribution in [0, 0.1) is 6.92 Å². The average molecular weight is 662 g/mol. The van der Waals surface area contributed by atoms with E-state index in [2.05, 4.69) is 5.32 Å². The SMILES string of the molecule is COc1ccc(Cl)cc1N(CC(=O)N(Cc1cccc(C)c1)[C@H](Cc1ccccc1)C(=O)NC(C)(C)C)S(=O)(=O)c1ccccc1. The number of benzene rings is 4. The number of hydrogen-bond acceptors (Lipinski definition) is 5. The molecule has 10 heteroatoms. The first-order valence-corrected chi connectivity index (χ1v) is 16.7. The standard InChI is InChI=1S/C36H40ClN3O5S/c1-26-13-12-16-28(21-26)24-39(32(35(42)38-36(2,3)4)22-27-14-8-6-9-15-27)34(41)25-40(31-23-29(37)19-20-33(31)45-5)46(43,44)30-17-10-7-11-18-30/h6-21,23,32H,22,24-25H2,1-5H3,(H,38,42)/t32-/m1/s1. The number of hydrogen-bond donors (Lipinski definition) is 1. The largest absolute Gasteiger partial charge is 0.495 e. The fraction of sp³-hybridized carbons (Fsp3) is 0.278. The van der Waals surface area contributed by atoms with E-state index in [0.29, 0.717) is 0 Å². The van der Waals surface area contributed by atoms with Gasteiger partial charge in [-0.3, -0.25) is 13.9 Å². The van der Waals surface area contributed by atoms with Crippen LogP contribution in [-0.2, 0) is 32.6 Å². The predicted octanol–water partition coefficient (Wildman–Crippen LogP) is 6.41. The van der Waals surface area contributed by atoms with Crippen LogP contribution in [0.4, 0.5) is 5.69 Å². The van der Waals surface area contributed by atoms with Crippen molar-refractivity contribution in [3.8, 4) is 5.75 Å². The minimum Gasteiger partial charge on any atom is -0.495 e. The second-order valence-electron chi connectivity index (χ2n) is 12.1. The monoisotopic (exact) mass is 661 g/mol. The van der Waals surface area contributed by atoms with Gasteiger partial charge in [0, 0.05) is 23.5 Å². The van der Waals surface area contributed by atoms with Crippen LogP contribution < -0.4 is 14.4 Å². The van der Waals surface area contributed by atoms with Crippen LogP contribution in [0.1, 0.15) is 37.5 Å². The molecule has 0 spiro atoms. The second-order valence-corrected chi connectivity index (χ2v) is 14.4. The molecule has 0 heterocycles. The van der Waals surface area contributed by atoms with Crippen molar-refractivity contribution in [3.05, 3.63) is 125 Å². The summed E-state index contributed by atoms with van der Waals surface area (Å²) < 4.78 is 35.0. The third kappa shape index (κ3) is 8.89. The molecule has 0 aromatic heterocycles. The van der Waals surface area contributed by atoms with Crippen molar-refractivity contribution in [2.75, 3.05) is 18.0 Å². The predicted molar refractivity (Wildman–Crippen MR) is 183 cm³/mol. The van der Waals surface area contributed by atoms with Crippen molar-refractivity contribution in [1.29, 1.82) is 0 Å². The number of halogens is 1. The quantitative estimate of drug-likeness (QED) is 0.189. The molecule has 2 amide bonds. The number of ether oxygens (including phenoxy) is 1. The second kappa shape index (κ2) is 14.8. The summed E-state index contributed by atoms with van der Waals surface area (Å²) in [4.78, 5) is 30.1. The number of carbonyl (C=O) groups excluding carboxylic acids is 2. The molecule has 4 aromatic carbocycles. The van der Waals surface area contributed by atoms with E-state index in [-0.39, 0.29) is 40.2 Å². The van der Waals surface area contributed by atoms with Crippen LogP contribution in [0.5, 0.6) is 5.75 Å². The Hall–Kier alpha value is -4.34. The Labute approximate surface area is 277 Å². The van der Waals surface area contributed by atoms with Gasteiger partial charge in [-0.1, -0.05) is 90.0 Å². The van der Waals surface area contributed by atoms with Crippen LogP contribution in [0.2, 0.25) is 5.02 Å². The van der Waals surface area contributed by atoms with Gasteiger partial charge in [0.2, 0.25) is 11.8 Å². The summed E-state index contributed by atoms with van der Waals surface area (Å²) in [5, 5.41) is 3.30. The summed E-state index contributed by atoms with van der Waals surface area (Å²) in [7, 11) is -2.88. The van der Waals surface area contributed by atoms with Gasteiger partial charge in [0.25, 0.3) is 10.0 Å². The highest BCUT2D eigenvalue weighted by Gasteiger charge is 2.36. The number of methoxy groups -OCH3 is 1. The zero-order valence-corrected chi connectivity index (χ0v) is 28.3. The number of nitrogens with one attached hydrogen (secondary N) is 1. The first-order chi connectivity index (χ1) is 21.8. The van der Waals surface area contributed by atoms with Gasteiger partial charge in [-0.05, 0) is 69.2 Å². The zero-order chi connectivity index (χ0) is 33.5. The van der Waals surface area contributed by atoms with Crippen molar-refractivity contribution < 1.29 is 22.7 Å². The van der Waals surface area contributed by atoms with Gasteiger partial charge >= 0.3 is 0 Å². The van der Waals surface area contributed by atoms with Crippen LogP contribution in [-0.4, -0.2) is 50.4 Å². The molecule has 46 heavy (non-hydrogen) atoms. The summed E-state index contributed by atoms with van der Waals surface area (Å²) in [5.41, 5.74) is 2.15. The van der Waals surface area contributed by atoms with Crippen LogP contribution in [0.25, 0.3) is 0 Å². The minimum absolute atomic E-state index is 0.0126. The van der Waals surface area contributed by atoms with E-state index < -0.39 is 34.1 Å². The third-order valence-corrected chi connectivity index (χ3v) is 9.23. The van der Waals surface area contributed by atoms with E-state index in [4.69, 9.17) is 16.3 Å². The molecule has 4 rings (SSSR count). The topological polar surface area (TPSA) is 96.0 Å². The van der Waals surface area contributed by atoms with Crippen LogP contribution in [0.3, 0.4) is 0 Å². The molecule has 4 aromatic rings. The van der Waals surface area contributed by atoms with E-state index >= 15 is 0 Å². The van der Waals surface area contributed by atoms with Crippen molar-refractivity contribution in [2.24, 2.45) is 0 Å². The van der Waals surface area contributed by atoms with Gasteiger partial charge < -0.3 is 15.0 Å². The smallest absolute Gasteiger partial charge is 0.264 e. The molecule has 1 atom stereocenters. The van der Waals surface area contributed by atoms with Crippen molar-refractivity contribution >= 4 is 39.1 Å².